The molecule has 2 aromatic carbocycles. The fourth-order valence-corrected chi connectivity index (χ4v) is 3.40. The minimum Gasteiger partial charge on any atom is -0.468 e. The van der Waals surface area contributed by atoms with E-state index in [0.29, 0.717) is 24.2 Å². The van der Waals surface area contributed by atoms with E-state index in [0.717, 1.165) is 11.1 Å². The monoisotopic (exact) mass is 383 g/mol. The van der Waals surface area contributed by atoms with Crippen LogP contribution in [0.15, 0.2) is 42.5 Å². The van der Waals surface area contributed by atoms with Gasteiger partial charge in [0.05, 0.1) is 24.2 Å². The number of carbonyl (C=O) groups excluding carboxylic acids is 2. The molecule has 0 spiro atoms. The van der Waals surface area contributed by atoms with Crippen LogP contribution in [0.5, 0.6) is 0 Å². The predicted molar refractivity (Wildman–Crippen MR) is 101 cm³/mol. The van der Waals surface area contributed by atoms with E-state index in [1.165, 1.54) is 13.2 Å². The molecule has 1 amide bonds. The molecule has 27 heavy (non-hydrogen) atoms. The number of rotatable bonds is 4. The Balaban J connectivity index is 1.74. The summed E-state index contributed by atoms with van der Waals surface area (Å²) in [6.07, 6.45) is 0.499. The highest BCUT2D eigenvalue weighted by Gasteiger charge is 2.33. The molecule has 2 aromatic rings. The second-order valence-electron chi connectivity index (χ2n) is 6.27. The lowest BCUT2D eigenvalue weighted by Crippen LogP contribution is -2.49. The van der Waals surface area contributed by atoms with Crippen LogP contribution in [-0.4, -0.2) is 36.5 Å². The van der Waals surface area contributed by atoms with Gasteiger partial charge in [0.15, 0.2) is 0 Å². The molecule has 0 unspecified atom stereocenters. The van der Waals surface area contributed by atoms with Gasteiger partial charge >= 0.3 is 5.97 Å². The summed E-state index contributed by atoms with van der Waals surface area (Å²) >= 11 is 6.00. The number of esters is 1. The number of anilines is 1. The van der Waals surface area contributed by atoms with E-state index < -0.39 is 6.04 Å². The normalized spacial score (nSPS) is 16.1. The number of hydrogen-bond donors (Lipinski definition) is 1. The number of benzene rings is 2. The Morgan fingerprint density at radius 1 is 1.30 bits per heavy atom. The number of carbonyl (C=O) groups is 2. The van der Waals surface area contributed by atoms with Crippen molar-refractivity contribution in [1.29, 1.82) is 5.26 Å². The van der Waals surface area contributed by atoms with E-state index in [9.17, 15) is 9.59 Å². The summed E-state index contributed by atoms with van der Waals surface area (Å²) < 4.78 is 4.92. The molecule has 0 aromatic heterocycles. The molecule has 1 N–H and O–H groups in total. The molecule has 138 valence electrons. The van der Waals surface area contributed by atoms with Gasteiger partial charge in [0, 0.05) is 12.2 Å². The second-order valence-corrected chi connectivity index (χ2v) is 6.68. The van der Waals surface area contributed by atoms with Crippen molar-refractivity contribution >= 4 is 29.2 Å². The van der Waals surface area contributed by atoms with Crippen LogP contribution in [0.3, 0.4) is 0 Å². The van der Waals surface area contributed by atoms with Crippen LogP contribution in [0.4, 0.5) is 5.69 Å². The summed E-state index contributed by atoms with van der Waals surface area (Å²) in [4.78, 5) is 26.5. The number of nitrogens with one attached hydrogen (secondary N) is 1. The van der Waals surface area contributed by atoms with Crippen LogP contribution in [-0.2, 0) is 27.3 Å². The molecule has 0 saturated heterocycles. The standard InChI is InChI=1S/C20H18ClN3O3/c1-27-20(26)18-8-13-4-2-3-5-15(13)11-24(18)12-19(25)23-16-7-6-14(10-22)17(21)9-16/h2-7,9,18H,8,11-12H2,1H3,(H,23,25)/t18-/m1/s1. The first kappa shape index (κ1) is 18.9. The summed E-state index contributed by atoms with van der Waals surface area (Å²) in [6.45, 7) is 0.517. The van der Waals surface area contributed by atoms with E-state index in [-0.39, 0.29) is 23.4 Å². The zero-order valence-corrected chi connectivity index (χ0v) is 15.5. The van der Waals surface area contributed by atoms with Gasteiger partial charge in [-0.05, 0) is 35.7 Å². The van der Waals surface area contributed by atoms with Crippen molar-refractivity contribution in [1.82, 2.24) is 4.90 Å². The van der Waals surface area contributed by atoms with Gasteiger partial charge in [0.2, 0.25) is 5.91 Å². The van der Waals surface area contributed by atoms with Crippen molar-refractivity contribution < 1.29 is 14.3 Å². The molecule has 7 heteroatoms. The SMILES string of the molecule is COC(=O)[C@H]1Cc2ccccc2CN1CC(=O)Nc1ccc(C#N)c(Cl)c1. The van der Waals surface area contributed by atoms with Crippen molar-refractivity contribution in [3.63, 3.8) is 0 Å². The molecule has 1 atom stereocenters. The van der Waals surface area contributed by atoms with Crippen LogP contribution in [0, 0.1) is 11.3 Å². The molecule has 1 heterocycles. The van der Waals surface area contributed by atoms with Gasteiger partial charge in [-0.3, -0.25) is 14.5 Å². The minimum absolute atomic E-state index is 0.0335. The van der Waals surface area contributed by atoms with E-state index in [1.807, 2.05) is 30.3 Å². The number of ether oxygens (including phenoxy) is 1. The lowest BCUT2D eigenvalue weighted by molar-refractivity contribution is -0.148. The number of amides is 1. The summed E-state index contributed by atoms with van der Waals surface area (Å²) in [7, 11) is 1.35. The Bertz CT molecular complexity index is 923. The molecule has 6 nitrogen and oxygen atoms in total. The first-order chi connectivity index (χ1) is 13.0. The fourth-order valence-electron chi connectivity index (χ4n) is 3.18. The lowest BCUT2D eigenvalue weighted by Gasteiger charge is -2.34. The topological polar surface area (TPSA) is 82.4 Å². The molecule has 0 aliphatic carbocycles. The molecule has 0 radical (unpaired) electrons. The average molecular weight is 384 g/mol. The zero-order chi connectivity index (χ0) is 19.4. The molecule has 0 saturated carbocycles. The first-order valence-electron chi connectivity index (χ1n) is 8.40. The van der Waals surface area contributed by atoms with Gasteiger partial charge < -0.3 is 10.1 Å². The molecular weight excluding hydrogens is 366 g/mol. The summed E-state index contributed by atoms with van der Waals surface area (Å²) in [5.74, 6) is -0.636. The van der Waals surface area contributed by atoms with Crippen molar-refractivity contribution in [2.45, 2.75) is 19.0 Å². The van der Waals surface area contributed by atoms with Crippen molar-refractivity contribution in [3.8, 4) is 6.07 Å². The van der Waals surface area contributed by atoms with Gasteiger partial charge in [-0.1, -0.05) is 35.9 Å². The maximum atomic E-state index is 12.5. The maximum absolute atomic E-state index is 12.5. The molecule has 0 bridgehead atoms. The van der Waals surface area contributed by atoms with E-state index in [4.69, 9.17) is 21.6 Å². The molecule has 3 rings (SSSR count). The highest BCUT2D eigenvalue weighted by Crippen LogP contribution is 2.24. The van der Waals surface area contributed by atoms with Gasteiger partial charge in [0.1, 0.15) is 12.1 Å². The molecule has 0 fully saturated rings. The first-order valence-corrected chi connectivity index (χ1v) is 8.77. The van der Waals surface area contributed by atoms with Crippen LogP contribution in [0.2, 0.25) is 5.02 Å². The van der Waals surface area contributed by atoms with E-state index in [1.54, 1.807) is 17.0 Å². The van der Waals surface area contributed by atoms with Gasteiger partial charge in [-0.15, -0.1) is 0 Å². The number of hydrogen-bond acceptors (Lipinski definition) is 5. The fraction of sp³-hybridized carbons (Fsp3) is 0.250. The van der Waals surface area contributed by atoms with Crippen LogP contribution in [0.1, 0.15) is 16.7 Å². The Morgan fingerprint density at radius 2 is 2.04 bits per heavy atom. The predicted octanol–water partition coefficient (Wildman–Crippen LogP) is 2.75. The molecular formula is C20H18ClN3O3. The highest BCUT2D eigenvalue weighted by atomic mass is 35.5. The smallest absolute Gasteiger partial charge is 0.323 e. The lowest BCUT2D eigenvalue weighted by atomic mass is 9.94. The van der Waals surface area contributed by atoms with Gasteiger partial charge in [-0.25, -0.2) is 0 Å². The number of halogens is 1. The third-order valence-electron chi connectivity index (χ3n) is 4.54. The minimum atomic E-state index is -0.514. The number of nitriles is 1. The Hall–Kier alpha value is -2.88. The highest BCUT2D eigenvalue weighted by molar-refractivity contribution is 6.32. The number of nitrogens with zero attached hydrogens (tertiary/aromatic N) is 2. The summed E-state index contributed by atoms with van der Waals surface area (Å²) in [5.41, 5.74) is 3.01. The molecule has 1 aliphatic rings. The number of fused-ring (bicyclic) bond motifs is 1. The molecule has 1 aliphatic heterocycles. The Morgan fingerprint density at radius 3 is 2.70 bits per heavy atom. The summed E-state index contributed by atoms with van der Waals surface area (Å²) in [6, 6.07) is 14.0. The van der Waals surface area contributed by atoms with Crippen molar-refractivity contribution in [3.05, 3.63) is 64.2 Å². The Kier molecular flexibility index (Phi) is 5.75. The zero-order valence-electron chi connectivity index (χ0n) is 14.7. The Labute approximate surface area is 162 Å². The van der Waals surface area contributed by atoms with Gasteiger partial charge in [-0.2, -0.15) is 5.26 Å². The van der Waals surface area contributed by atoms with E-state index in [2.05, 4.69) is 5.32 Å². The third-order valence-corrected chi connectivity index (χ3v) is 4.85. The quantitative estimate of drug-likeness (QED) is 0.821. The largest absolute Gasteiger partial charge is 0.468 e. The number of methoxy groups -OCH3 is 1. The van der Waals surface area contributed by atoms with Crippen LogP contribution < -0.4 is 5.32 Å². The van der Waals surface area contributed by atoms with E-state index >= 15 is 0 Å². The maximum Gasteiger partial charge on any atom is 0.323 e. The van der Waals surface area contributed by atoms with Crippen molar-refractivity contribution in [2.24, 2.45) is 0 Å². The van der Waals surface area contributed by atoms with Crippen molar-refractivity contribution in [2.75, 3.05) is 19.0 Å². The van der Waals surface area contributed by atoms with Crippen LogP contribution >= 0.6 is 11.6 Å². The second kappa shape index (κ2) is 8.21. The van der Waals surface area contributed by atoms with Gasteiger partial charge in [0.25, 0.3) is 0 Å². The van der Waals surface area contributed by atoms with Crippen LogP contribution in [0.25, 0.3) is 0 Å². The summed E-state index contributed by atoms with van der Waals surface area (Å²) in [5, 5.41) is 11.9. The third kappa shape index (κ3) is 4.27. The average Bonchev–Trinajstić information content (AvgIpc) is 2.67.